The lowest BCUT2D eigenvalue weighted by Gasteiger charge is -2.03. The lowest BCUT2D eigenvalue weighted by atomic mass is 10.3. The Hall–Kier alpha value is -2.36. The van der Waals surface area contributed by atoms with E-state index in [0.717, 1.165) is 0 Å². The summed E-state index contributed by atoms with van der Waals surface area (Å²) in [7, 11) is 0. The Morgan fingerprint density at radius 3 is 1.78 bits per heavy atom. The van der Waals surface area contributed by atoms with Crippen molar-refractivity contribution in [2.24, 2.45) is 5.84 Å². The van der Waals surface area contributed by atoms with Gasteiger partial charge in [0.2, 0.25) is 0 Å². The highest BCUT2D eigenvalue weighted by Crippen LogP contribution is 2.21. The molecule has 0 unspecified atom stereocenters. The van der Waals surface area contributed by atoms with Crippen molar-refractivity contribution in [3.63, 3.8) is 0 Å². The molecule has 0 saturated carbocycles. The molecule has 0 spiro atoms. The first kappa shape index (κ1) is 15.6. The fourth-order valence-corrected chi connectivity index (χ4v) is 0.678. The lowest BCUT2D eigenvalue weighted by molar-refractivity contribution is -0.159. The SMILES string of the molecule is NNc1cc(F)c(F)c(F)c1F.O=C(O)C(=O)O. The second-order valence-corrected chi connectivity index (χ2v) is 2.60. The van der Waals surface area contributed by atoms with Gasteiger partial charge in [0.15, 0.2) is 23.3 Å². The molecule has 1 rings (SSSR count). The van der Waals surface area contributed by atoms with Crippen molar-refractivity contribution >= 4 is 17.6 Å². The molecule has 0 radical (unpaired) electrons. The largest absolute Gasteiger partial charge is 0.473 e. The van der Waals surface area contributed by atoms with Crippen molar-refractivity contribution < 1.29 is 37.4 Å². The number of hydrazine groups is 1. The van der Waals surface area contributed by atoms with Gasteiger partial charge in [0.05, 0.1) is 5.69 Å². The highest BCUT2D eigenvalue weighted by Gasteiger charge is 2.17. The Labute approximate surface area is 96.6 Å². The highest BCUT2D eigenvalue weighted by molar-refractivity contribution is 6.27. The minimum Gasteiger partial charge on any atom is -0.473 e. The van der Waals surface area contributed by atoms with Gasteiger partial charge in [0.1, 0.15) is 0 Å². The molecule has 0 bridgehead atoms. The van der Waals surface area contributed by atoms with Gasteiger partial charge in [-0.2, -0.15) is 0 Å². The highest BCUT2D eigenvalue weighted by atomic mass is 19.2. The van der Waals surface area contributed by atoms with Crippen LogP contribution in [0.3, 0.4) is 0 Å². The van der Waals surface area contributed by atoms with E-state index in [1.807, 2.05) is 0 Å². The molecule has 1 aromatic rings. The fraction of sp³-hybridized carbons (Fsp3) is 0. The first-order valence-corrected chi connectivity index (χ1v) is 3.98. The van der Waals surface area contributed by atoms with E-state index in [0.29, 0.717) is 6.07 Å². The number of nitrogens with one attached hydrogen (secondary N) is 1. The minimum atomic E-state index is -1.89. The topological polar surface area (TPSA) is 113 Å². The Bertz CT molecular complexity index is 469. The van der Waals surface area contributed by atoms with Gasteiger partial charge in [-0.1, -0.05) is 0 Å². The molecule has 0 fully saturated rings. The van der Waals surface area contributed by atoms with Crippen LogP contribution >= 0.6 is 0 Å². The smallest absolute Gasteiger partial charge is 0.414 e. The van der Waals surface area contributed by atoms with Gasteiger partial charge in [0.25, 0.3) is 0 Å². The number of aliphatic carboxylic acids is 2. The van der Waals surface area contributed by atoms with Crippen LogP contribution in [0.5, 0.6) is 0 Å². The van der Waals surface area contributed by atoms with Gasteiger partial charge in [-0.25, -0.2) is 27.2 Å². The lowest BCUT2D eigenvalue weighted by Crippen LogP contribution is -2.11. The molecule has 0 aromatic heterocycles. The van der Waals surface area contributed by atoms with Crippen LogP contribution in [0, 0.1) is 23.3 Å². The number of halogens is 4. The van der Waals surface area contributed by atoms with Crippen LogP contribution in [0.25, 0.3) is 0 Å². The molecule has 0 heterocycles. The van der Waals surface area contributed by atoms with Crippen molar-refractivity contribution in [3.8, 4) is 0 Å². The maximum absolute atomic E-state index is 12.5. The molecule has 1 aromatic carbocycles. The fourth-order valence-electron chi connectivity index (χ4n) is 0.678. The molecule has 0 aliphatic rings. The summed E-state index contributed by atoms with van der Waals surface area (Å²) in [5, 5.41) is 14.8. The van der Waals surface area contributed by atoms with E-state index in [9.17, 15) is 17.6 Å². The quantitative estimate of drug-likeness (QED) is 0.149. The van der Waals surface area contributed by atoms with Crippen molar-refractivity contribution in [1.82, 2.24) is 0 Å². The standard InChI is InChI=1S/C6H4F4N2.C2H2O4/c7-2-1-3(12-11)5(9)6(10)4(2)8;3-1(4)2(5)6/h1,12H,11H2;(H,3,4)(H,5,6). The predicted molar refractivity (Wildman–Crippen MR) is 49.4 cm³/mol. The van der Waals surface area contributed by atoms with Crippen molar-refractivity contribution in [2.45, 2.75) is 0 Å². The number of hydrogen-bond donors (Lipinski definition) is 4. The first-order valence-electron chi connectivity index (χ1n) is 3.98. The van der Waals surface area contributed by atoms with Crippen LogP contribution in [0.1, 0.15) is 0 Å². The summed E-state index contributed by atoms with van der Waals surface area (Å²) >= 11 is 0. The van der Waals surface area contributed by atoms with Gasteiger partial charge in [-0.15, -0.1) is 0 Å². The molecule has 0 aliphatic heterocycles. The number of carboxylic acids is 2. The van der Waals surface area contributed by atoms with E-state index >= 15 is 0 Å². The second kappa shape index (κ2) is 6.39. The maximum atomic E-state index is 12.5. The third-order valence-electron chi connectivity index (χ3n) is 1.44. The third-order valence-corrected chi connectivity index (χ3v) is 1.44. The maximum Gasteiger partial charge on any atom is 0.414 e. The molecular formula is C8H6F4N2O4. The van der Waals surface area contributed by atoms with Crippen molar-refractivity contribution in [2.75, 3.05) is 5.43 Å². The summed E-state index contributed by atoms with van der Waals surface area (Å²) in [6.07, 6.45) is 0. The minimum absolute atomic E-state index is 0.424. The second-order valence-electron chi connectivity index (χ2n) is 2.60. The van der Waals surface area contributed by atoms with E-state index in [2.05, 4.69) is 0 Å². The summed E-state index contributed by atoms with van der Waals surface area (Å²) in [6.45, 7) is 0. The summed E-state index contributed by atoms with van der Waals surface area (Å²) in [5.41, 5.74) is 1.05. The third kappa shape index (κ3) is 3.90. The number of carboxylic acid groups (broad SMARTS) is 2. The summed E-state index contributed by atoms with van der Waals surface area (Å²) in [6, 6.07) is 0.424. The van der Waals surface area contributed by atoms with Crippen LogP contribution in [0.2, 0.25) is 0 Å². The number of nitrogen functional groups attached to an aromatic ring is 1. The number of rotatable bonds is 1. The van der Waals surface area contributed by atoms with E-state index in [4.69, 9.17) is 25.6 Å². The number of nitrogens with two attached hydrogens (primary N) is 1. The summed E-state index contributed by atoms with van der Waals surface area (Å²) in [4.78, 5) is 18.2. The molecule has 0 aliphatic carbocycles. The molecule has 5 N–H and O–H groups in total. The van der Waals surface area contributed by atoms with Crippen molar-refractivity contribution in [3.05, 3.63) is 29.3 Å². The van der Waals surface area contributed by atoms with Crippen LogP contribution < -0.4 is 11.3 Å². The predicted octanol–water partition coefficient (Wildman–Crippen LogP) is 0.684. The number of anilines is 1. The number of carbonyl (C=O) groups is 2. The Morgan fingerprint density at radius 2 is 1.44 bits per heavy atom. The average molecular weight is 270 g/mol. The Balaban J connectivity index is 0.000000411. The molecule has 0 amide bonds. The van der Waals surface area contributed by atoms with Crippen LogP contribution in [-0.4, -0.2) is 22.2 Å². The number of hydrogen-bond acceptors (Lipinski definition) is 4. The average Bonchev–Trinajstić information content (AvgIpc) is 2.31. The van der Waals surface area contributed by atoms with Gasteiger partial charge < -0.3 is 15.6 Å². The van der Waals surface area contributed by atoms with Gasteiger partial charge in [0, 0.05) is 6.07 Å². The van der Waals surface area contributed by atoms with Crippen LogP contribution in [-0.2, 0) is 9.59 Å². The summed E-state index contributed by atoms with van der Waals surface area (Å²) < 4.78 is 49.5. The molecular weight excluding hydrogens is 264 g/mol. The monoisotopic (exact) mass is 270 g/mol. The summed E-state index contributed by atoms with van der Waals surface area (Å²) in [5.74, 6) is -5.74. The van der Waals surface area contributed by atoms with Gasteiger partial charge in [-0.3, -0.25) is 5.84 Å². The molecule has 100 valence electrons. The normalized spacial score (nSPS) is 9.17. The van der Waals surface area contributed by atoms with Crippen LogP contribution in [0.4, 0.5) is 23.2 Å². The zero-order valence-corrected chi connectivity index (χ0v) is 8.38. The molecule has 18 heavy (non-hydrogen) atoms. The number of benzene rings is 1. The molecule has 0 atom stereocenters. The molecule has 10 heteroatoms. The Kier molecular flexibility index (Phi) is 5.56. The van der Waals surface area contributed by atoms with Gasteiger partial charge >= 0.3 is 11.9 Å². The zero-order valence-electron chi connectivity index (χ0n) is 8.38. The van der Waals surface area contributed by atoms with Gasteiger partial charge in [-0.05, 0) is 0 Å². The van der Waals surface area contributed by atoms with E-state index in [1.54, 1.807) is 5.43 Å². The first-order chi connectivity index (χ1) is 8.22. The molecule has 0 saturated heterocycles. The van der Waals surface area contributed by atoms with E-state index in [-0.39, 0.29) is 0 Å². The zero-order chi connectivity index (χ0) is 14.5. The van der Waals surface area contributed by atoms with E-state index < -0.39 is 40.9 Å². The Morgan fingerprint density at radius 1 is 1.00 bits per heavy atom. The van der Waals surface area contributed by atoms with E-state index in [1.165, 1.54) is 0 Å². The molecule has 6 nitrogen and oxygen atoms in total. The van der Waals surface area contributed by atoms with Crippen molar-refractivity contribution in [1.29, 1.82) is 0 Å². The van der Waals surface area contributed by atoms with Crippen LogP contribution in [0.15, 0.2) is 6.07 Å².